The minimum Gasteiger partial charge on any atom is -0.447 e. The maximum Gasteiger partial charge on any atom is 0.433 e. The number of nitrogens with zero attached hydrogens (tertiary/aromatic N) is 2. The molecular weight excluding hydrogens is 252 g/mol. The van der Waals surface area contributed by atoms with Crippen LogP contribution in [0.4, 0.5) is 4.79 Å². The lowest BCUT2D eigenvalue weighted by molar-refractivity contribution is 0.142. The van der Waals surface area contributed by atoms with Crippen molar-refractivity contribution in [1.82, 2.24) is 4.90 Å². The maximum atomic E-state index is 11.7. The molecule has 0 radical (unpaired) electrons. The molecule has 1 aromatic carbocycles. The number of amides is 1. The van der Waals surface area contributed by atoms with E-state index in [-0.39, 0.29) is 0 Å². The molecule has 1 fully saturated rings. The van der Waals surface area contributed by atoms with Gasteiger partial charge in [-0.2, -0.15) is 4.99 Å². The van der Waals surface area contributed by atoms with E-state index in [2.05, 4.69) is 9.89 Å². The van der Waals surface area contributed by atoms with Crippen molar-refractivity contribution in [1.29, 1.82) is 0 Å². The van der Waals surface area contributed by atoms with Crippen LogP contribution in [0.5, 0.6) is 0 Å². The Morgan fingerprint density at radius 3 is 2.60 bits per heavy atom. The summed E-state index contributed by atoms with van der Waals surface area (Å²) in [5.41, 5.74) is 1.75. The van der Waals surface area contributed by atoms with E-state index in [0.29, 0.717) is 13.0 Å². The molecule has 0 atom stereocenters. The van der Waals surface area contributed by atoms with Crippen LogP contribution in [-0.4, -0.2) is 42.9 Å². The molecule has 0 saturated carbocycles. The Morgan fingerprint density at radius 1 is 1.25 bits per heavy atom. The standard InChI is InChI=1S/C16H22N2O2/c1-2-15(14-8-4-3-5-9-14)17-16(19)20-13-12-18-10-6-7-11-18/h3-5,8-9H,2,6-7,10-13H2,1H3. The molecule has 108 valence electrons. The Kier molecular flexibility index (Phi) is 5.74. The highest BCUT2D eigenvalue weighted by Crippen LogP contribution is 2.07. The zero-order valence-electron chi connectivity index (χ0n) is 12.0. The van der Waals surface area contributed by atoms with Gasteiger partial charge < -0.3 is 4.74 Å². The van der Waals surface area contributed by atoms with Gasteiger partial charge in [0.1, 0.15) is 6.61 Å². The highest BCUT2D eigenvalue weighted by atomic mass is 16.5. The van der Waals surface area contributed by atoms with Gasteiger partial charge in [0.05, 0.1) is 5.71 Å². The molecule has 4 heteroatoms. The molecule has 4 nitrogen and oxygen atoms in total. The fourth-order valence-corrected chi connectivity index (χ4v) is 2.39. The quantitative estimate of drug-likeness (QED) is 0.775. The van der Waals surface area contributed by atoms with Gasteiger partial charge in [-0.1, -0.05) is 37.3 Å². The zero-order chi connectivity index (χ0) is 14.2. The zero-order valence-corrected chi connectivity index (χ0v) is 12.0. The van der Waals surface area contributed by atoms with Crippen molar-refractivity contribution in [2.24, 2.45) is 4.99 Å². The lowest BCUT2D eigenvalue weighted by Crippen LogP contribution is -2.24. The monoisotopic (exact) mass is 274 g/mol. The molecule has 1 heterocycles. The number of likely N-dealkylation sites (tertiary alicyclic amines) is 1. The van der Waals surface area contributed by atoms with Gasteiger partial charge in [0.2, 0.25) is 0 Å². The third-order valence-corrected chi connectivity index (χ3v) is 3.50. The van der Waals surface area contributed by atoms with Crippen LogP contribution in [0.2, 0.25) is 0 Å². The molecule has 1 aliphatic heterocycles. The summed E-state index contributed by atoms with van der Waals surface area (Å²) < 4.78 is 5.19. The molecule has 0 N–H and O–H groups in total. The molecule has 0 aromatic heterocycles. The van der Waals surface area contributed by atoms with Gasteiger partial charge >= 0.3 is 6.09 Å². The summed E-state index contributed by atoms with van der Waals surface area (Å²) in [6.45, 7) is 5.46. The minimum absolute atomic E-state index is 0.425. The van der Waals surface area contributed by atoms with Gasteiger partial charge in [-0.05, 0) is 37.9 Å². The van der Waals surface area contributed by atoms with Crippen LogP contribution in [0.3, 0.4) is 0 Å². The molecule has 0 aliphatic carbocycles. The van der Waals surface area contributed by atoms with E-state index < -0.39 is 6.09 Å². The van der Waals surface area contributed by atoms with E-state index in [1.54, 1.807) is 0 Å². The van der Waals surface area contributed by atoms with Gasteiger partial charge in [-0.15, -0.1) is 0 Å². The lowest BCUT2D eigenvalue weighted by Gasteiger charge is -2.13. The van der Waals surface area contributed by atoms with E-state index >= 15 is 0 Å². The van der Waals surface area contributed by atoms with E-state index in [1.807, 2.05) is 37.3 Å². The van der Waals surface area contributed by atoms with Crippen molar-refractivity contribution in [3.8, 4) is 0 Å². The fourth-order valence-electron chi connectivity index (χ4n) is 2.39. The number of carbonyl (C=O) groups excluding carboxylic acids is 1. The second-order valence-corrected chi connectivity index (χ2v) is 4.94. The van der Waals surface area contributed by atoms with E-state index in [9.17, 15) is 4.79 Å². The highest BCUT2D eigenvalue weighted by molar-refractivity contribution is 6.05. The first kappa shape index (κ1) is 14.7. The maximum absolute atomic E-state index is 11.7. The van der Waals surface area contributed by atoms with Crippen LogP contribution in [0.15, 0.2) is 35.3 Å². The number of hydrogen-bond acceptors (Lipinski definition) is 3. The van der Waals surface area contributed by atoms with Crippen molar-refractivity contribution in [3.63, 3.8) is 0 Å². The number of rotatable bonds is 5. The topological polar surface area (TPSA) is 41.9 Å². The van der Waals surface area contributed by atoms with Gasteiger partial charge in [0.15, 0.2) is 0 Å². The molecule has 2 rings (SSSR count). The van der Waals surface area contributed by atoms with Gasteiger partial charge in [0.25, 0.3) is 0 Å². The number of benzene rings is 1. The van der Waals surface area contributed by atoms with Crippen LogP contribution in [0.25, 0.3) is 0 Å². The summed E-state index contributed by atoms with van der Waals surface area (Å²) in [5.74, 6) is 0. The Morgan fingerprint density at radius 2 is 1.95 bits per heavy atom. The van der Waals surface area contributed by atoms with Crippen LogP contribution < -0.4 is 0 Å². The lowest BCUT2D eigenvalue weighted by atomic mass is 10.1. The number of ether oxygens (including phenoxy) is 1. The van der Waals surface area contributed by atoms with Crippen molar-refractivity contribution in [2.45, 2.75) is 26.2 Å². The summed E-state index contributed by atoms with van der Waals surface area (Å²) in [4.78, 5) is 18.1. The second-order valence-electron chi connectivity index (χ2n) is 4.94. The summed E-state index contributed by atoms with van der Waals surface area (Å²) in [6, 6.07) is 9.75. The normalized spacial score (nSPS) is 16.4. The second kappa shape index (κ2) is 7.80. The molecule has 20 heavy (non-hydrogen) atoms. The average Bonchev–Trinajstić information content (AvgIpc) is 2.99. The van der Waals surface area contributed by atoms with Gasteiger partial charge in [-0.25, -0.2) is 4.79 Å². The molecule has 1 aromatic rings. The summed E-state index contributed by atoms with van der Waals surface area (Å²) in [5, 5.41) is 0. The number of carbonyl (C=O) groups is 1. The van der Waals surface area contributed by atoms with E-state index in [0.717, 1.165) is 30.9 Å². The fraction of sp³-hybridized carbons (Fsp3) is 0.500. The van der Waals surface area contributed by atoms with Crippen molar-refractivity contribution in [3.05, 3.63) is 35.9 Å². The summed E-state index contributed by atoms with van der Waals surface area (Å²) in [7, 11) is 0. The third-order valence-electron chi connectivity index (χ3n) is 3.50. The van der Waals surface area contributed by atoms with Crippen molar-refractivity contribution < 1.29 is 9.53 Å². The van der Waals surface area contributed by atoms with Crippen molar-refractivity contribution in [2.75, 3.05) is 26.2 Å². The minimum atomic E-state index is -0.482. The van der Waals surface area contributed by atoms with Gasteiger partial charge in [-0.3, -0.25) is 4.90 Å². The number of aliphatic imine (C=N–C) groups is 1. The molecular formula is C16H22N2O2. The predicted octanol–water partition coefficient (Wildman–Crippen LogP) is 3.12. The molecule has 0 unspecified atom stereocenters. The van der Waals surface area contributed by atoms with Crippen LogP contribution in [-0.2, 0) is 4.74 Å². The Bertz CT molecular complexity index is 451. The first-order valence-corrected chi connectivity index (χ1v) is 7.31. The Balaban J connectivity index is 1.83. The summed E-state index contributed by atoms with van der Waals surface area (Å²) >= 11 is 0. The molecule has 1 aliphatic rings. The third kappa shape index (κ3) is 4.46. The Labute approximate surface area is 120 Å². The predicted molar refractivity (Wildman–Crippen MR) is 80.3 cm³/mol. The van der Waals surface area contributed by atoms with Crippen LogP contribution in [0.1, 0.15) is 31.7 Å². The smallest absolute Gasteiger partial charge is 0.433 e. The Hall–Kier alpha value is -1.68. The van der Waals surface area contributed by atoms with Gasteiger partial charge in [0, 0.05) is 6.54 Å². The first-order valence-electron chi connectivity index (χ1n) is 7.31. The van der Waals surface area contributed by atoms with E-state index in [1.165, 1.54) is 12.8 Å². The number of hydrogen-bond donors (Lipinski definition) is 0. The largest absolute Gasteiger partial charge is 0.447 e. The molecule has 0 spiro atoms. The van der Waals surface area contributed by atoms with Crippen LogP contribution in [0, 0.1) is 0 Å². The first-order chi connectivity index (χ1) is 9.79. The van der Waals surface area contributed by atoms with E-state index in [4.69, 9.17) is 4.74 Å². The molecule has 1 saturated heterocycles. The highest BCUT2D eigenvalue weighted by Gasteiger charge is 2.12. The molecule has 0 bridgehead atoms. The van der Waals surface area contributed by atoms with Crippen molar-refractivity contribution >= 4 is 11.8 Å². The average molecular weight is 274 g/mol. The van der Waals surface area contributed by atoms with Crippen LogP contribution >= 0.6 is 0 Å². The summed E-state index contributed by atoms with van der Waals surface area (Å²) in [6.07, 6.45) is 2.73. The SMILES string of the molecule is CCC(=NC(=O)OCCN1CCCC1)c1ccccc1. The molecule has 1 amide bonds.